The van der Waals surface area contributed by atoms with Crippen molar-refractivity contribution in [2.75, 3.05) is 26.3 Å². The van der Waals surface area contributed by atoms with E-state index in [4.69, 9.17) is 9.26 Å². The number of hydrogen-bond acceptors (Lipinski definition) is 7. The van der Waals surface area contributed by atoms with Crippen LogP contribution in [0.2, 0.25) is 0 Å². The second-order valence-electron chi connectivity index (χ2n) is 5.77. The molecule has 0 aromatic carbocycles. The summed E-state index contributed by atoms with van der Waals surface area (Å²) >= 11 is 1.48. The molecule has 0 spiro atoms. The van der Waals surface area contributed by atoms with Gasteiger partial charge in [-0.15, -0.1) is 0 Å². The Hall–Kier alpha value is -2.26. The summed E-state index contributed by atoms with van der Waals surface area (Å²) in [5.41, 5.74) is 0.657. The van der Waals surface area contributed by atoms with E-state index < -0.39 is 0 Å². The highest BCUT2D eigenvalue weighted by atomic mass is 32.1. The van der Waals surface area contributed by atoms with E-state index in [2.05, 4.69) is 15.5 Å². The molecule has 1 fully saturated rings. The van der Waals surface area contributed by atoms with Crippen LogP contribution in [0.4, 0.5) is 0 Å². The Morgan fingerprint density at radius 2 is 2.36 bits per heavy atom. The molecule has 9 heteroatoms. The normalized spacial score (nSPS) is 17.5. The van der Waals surface area contributed by atoms with Crippen LogP contribution in [-0.4, -0.2) is 59.2 Å². The summed E-state index contributed by atoms with van der Waals surface area (Å²) in [7, 11) is 0. The van der Waals surface area contributed by atoms with E-state index in [0.717, 1.165) is 0 Å². The van der Waals surface area contributed by atoms with E-state index in [0.29, 0.717) is 50.0 Å². The number of aromatic nitrogens is 2. The van der Waals surface area contributed by atoms with Crippen molar-refractivity contribution in [2.45, 2.75) is 25.8 Å². The van der Waals surface area contributed by atoms with Crippen molar-refractivity contribution in [3.63, 3.8) is 0 Å². The van der Waals surface area contributed by atoms with E-state index in [9.17, 15) is 9.59 Å². The van der Waals surface area contributed by atoms with E-state index in [-0.39, 0.29) is 24.3 Å². The maximum Gasteiger partial charge on any atom is 0.255 e. The molecule has 3 rings (SSSR count). The van der Waals surface area contributed by atoms with Gasteiger partial charge < -0.3 is 19.5 Å². The maximum atomic E-state index is 12.6. The monoisotopic (exact) mass is 364 g/mol. The Kier molecular flexibility index (Phi) is 5.77. The predicted octanol–water partition coefficient (Wildman–Crippen LogP) is 1.03. The molecule has 2 aromatic rings. The molecule has 25 heavy (non-hydrogen) atoms. The maximum absolute atomic E-state index is 12.6. The molecule has 0 bridgehead atoms. The Balaban J connectivity index is 1.50. The van der Waals surface area contributed by atoms with Crippen molar-refractivity contribution in [1.82, 2.24) is 20.4 Å². The third-order valence-corrected chi connectivity index (χ3v) is 4.60. The first kappa shape index (κ1) is 17.6. The third kappa shape index (κ3) is 4.64. The zero-order valence-electron chi connectivity index (χ0n) is 13.9. The topological polar surface area (TPSA) is 97.6 Å². The van der Waals surface area contributed by atoms with Crippen LogP contribution in [0.15, 0.2) is 21.3 Å². The van der Waals surface area contributed by atoms with Gasteiger partial charge in [0.2, 0.25) is 11.8 Å². The van der Waals surface area contributed by atoms with Gasteiger partial charge >= 0.3 is 0 Å². The summed E-state index contributed by atoms with van der Waals surface area (Å²) in [4.78, 5) is 30.6. The summed E-state index contributed by atoms with van der Waals surface area (Å²) in [6.07, 6.45) is 0.711. The lowest BCUT2D eigenvalue weighted by Gasteiger charge is -2.35. The molecule has 134 valence electrons. The van der Waals surface area contributed by atoms with Crippen LogP contribution in [0.1, 0.15) is 28.5 Å². The predicted molar refractivity (Wildman–Crippen MR) is 90.3 cm³/mol. The minimum absolute atomic E-state index is 0.0513. The number of ether oxygens (including phenoxy) is 1. The van der Waals surface area contributed by atoms with E-state index >= 15 is 0 Å². The van der Waals surface area contributed by atoms with Crippen LogP contribution in [0, 0.1) is 6.92 Å². The van der Waals surface area contributed by atoms with E-state index in [1.54, 1.807) is 17.9 Å². The highest BCUT2D eigenvalue weighted by molar-refractivity contribution is 7.08. The molecule has 1 aliphatic heterocycles. The summed E-state index contributed by atoms with van der Waals surface area (Å²) < 4.78 is 10.3. The zero-order chi connectivity index (χ0) is 17.6. The fraction of sp³-hybridized carbons (Fsp3) is 0.500. The summed E-state index contributed by atoms with van der Waals surface area (Å²) in [6, 6.07) is 1.54. The first-order chi connectivity index (χ1) is 12.1. The molecule has 0 unspecified atom stereocenters. The standard InChI is InChI=1S/C16H20N4O4S/c1-11-18-14(19-24-11)2-4-17-15(21)8-13-9-23-6-5-20(13)16(22)12-3-7-25-10-12/h3,7,10,13H,2,4-6,8-9H2,1H3,(H,17,21)/t13-/m0/s1. The molecule has 1 atom stereocenters. The first-order valence-electron chi connectivity index (χ1n) is 8.10. The average molecular weight is 364 g/mol. The number of amides is 2. The third-order valence-electron chi connectivity index (χ3n) is 3.92. The molecule has 0 saturated carbocycles. The number of carbonyl (C=O) groups excluding carboxylic acids is 2. The summed E-state index contributed by atoms with van der Waals surface area (Å²) in [6.45, 7) is 3.49. The van der Waals surface area contributed by atoms with Gasteiger partial charge in [-0.1, -0.05) is 5.16 Å². The number of thiophene rings is 1. The SMILES string of the molecule is Cc1nc(CCNC(=O)C[C@H]2COCCN2C(=O)c2ccsc2)no1. The molecular weight excluding hydrogens is 344 g/mol. The van der Waals surface area contributed by atoms with Gasteiger partial charge in [0, 0.05) is 38.2 Å². The lowest BCUT2D eigenvalue weighted by Crippen LogP contribution is -2.50. The fourth-order valence-corrected chi connectivity index (χ4v) is 3.32. The molecule has 1 aliphatic rings. The summed E-state index contributed by atoms with van der Waals surface area (Å²) in [5, 5.41) is 10.3. The number of nitrogens with zero attached hydrogens (tertiary/aromatic N) is 3. The van der Waals surface area contributed by atoms with Crippen LogP contribution in [0.25, 0.3) is 0 Å². The largest absolute Gasteiger partial charge is 0.377 e. The number of morpholine rings is 1. The van der Waals surface area contributed by atoms with Gasteiger partial charge in [0.25, 0.3) is 5.91 Å². The molecule has 1 N–H and O–H groups in total. The minimum Gasteiger partial charge on any atom is -0.377 e. The van der Waals surface area contributed by atoms with Gasteiger partial charge in [-0.3, -0.25) is 9.59 Å². The van der Waals surface area contributed by atoms with Gasteiger partial charge in [0.1, 0.15) is 0 Å². The molecule has 8 nitrogen and oxygen atoms in total. The van der Waals surface area contributed by atoms with Crippen molar-refractivity contribution >= 4 is 23.2 Å². The second kappa shape index (κ2) is 8.21. The second-order valence-corrected chi connectivity index (χ2v) is 6.55. The zero-order valence-corrected chi connectivity index (χ0v) is 14.8. The van der Waals surface area contributed by atoms with Gasteiger partial charge in [-0.25, -0.2) is 0 Å². The van der Waals surface area contributed by atoms with E-state index in [1.807, 2.05) is 10.8 Å². The van der Waals surface area contributed by atoms with Crippen molar-refractivity contribution in [3.05, 3.63) is 34.1 Å². The Morgan fingerprint density at radius 1 is 1.48 bits per heavy atom. The van der Waals surface area contributed by atoms with Gasteiger partial charge in [0.05, 0.1) is 24.8 Å². The van der Waals surface area contributed by atoms with Crippen LogP contribution in [-0.2, 0) is 16.0 Å². The van der Waals surface area contributed by atoms with Crippen molar-refractivity contribution in [1.29, 1.82) is 0 Å². The highest BCUT2D eigenvalue weighted by Gasteiger charge is 2.29. The molecule has 0 radical (unpaired) electrons. The number of aryl methyl sites for hydroxylation is 1. The number of hydrogen-bond donors (Lipinski definition) is 1. The van der Waals surface area contributed by atoms with Gasteiger partial charge in [-0.05, 0) is 11.4 Å². The van der Waals surface area contributed by atoms with Crippen molar-refractivity contribution < 1.29 is 18.8 Å². The van der Waals surface area contributed by atoms with Crippen LogP contribution >= 0.6 is 11.3 Å². The quantitative estimate of drug-likeness (QED) is 0.822. The average Bonchev–Trinajstić information content (AvgIpc) is 3.27. The number of rotatable bonds is 6. The molecule has 2 aromatic heterocycles. The number of nitrogens with one attached hydrogen (secondary N) is 1. The molecule has 2 amide bonds. The fourth-order valence-electron chi connectivity index (χ4n) is 2.69. The van der Waals surface area contributed by atoms with Gasteiger partial charge in [-0.2, -0.15) is 16.3 Å². The Labute approximate surface area is 149 Å². The van der Waals surface area contributed by atoms with Crippen molar-refractivity contribution in [3.8, 4) is 0 Å². The van der Waals surface area contributed by atoms with Gasteiger partial charge in [0.15, 0.2) is 5.82 Å². The first-order valence-corrected chi connectivity index (χ1v) is 9.04. The van der Waals surface area contributed by atoms with Crippen LogP contribution in [0.5, 0.6) is 0 Å². The van der Waals surface area contributed by atoms with E-state index in [1.165, 1.54) is 11.3 Å². The highest BCUT2D eigenvalue weighted by Crippen LogP contribution is 2.16. The molecule has 1 saturated heterocycles. The lowest BCUT2D eigenvalue weighted by atomic mass is 10.1. The molecule has 0 aliphatic carbocycles. The molecule has 3 heterocycles. The lowest BCUT2D eigenvalue weighted by molar-refractivity contribution is -0.123. The Morgan fingerprint density at radius 3 is 3.08 bits per heavy atom. The minimum atomic E-state index is -0.256. The summed E-state index contributed by atoms with van der Waals surface area (Å²) in [5.74, 6) is 0.889. The molecular formula is C16H20N4O4S. The van der Waals surface area contributed by atoms with Crippen LogP contribution < -0.4 is 5.32 Å². The Bertz CT molecular complexity index is 716. The number of carbonyl (C=O) groups is 2. The van der Waals surface area contributed by atoms with Crippen LogP contribution in [0.3, 0.4) is 0 Å². The smallest absolute Gasteiger partial charge is 0.255 e. The van der Waals surface area contributed by atoms with Crippen molar-refractivity contribution in [2.24, 2.45) is 0 Å².